The van der Waals surface area contributed by atoms with Crippen LogP contribution in [0.25, 0.3) is 21.1 Å². The van der Waals surface area contributed by atoms with Crippen LogP contribution in [0.3, 0.4) is 0 Å². The van der Waals surface area contributed by atoms with E-state index in [9.17, 15) is 0 Å². The molecule has 0 bridgehead atoms. The highest BCUT2D eigenvalue weighted by atomic mass is 32.2. The number of thiophene rings is 1. The van der Waals surface area contributed by atoms with Crippen molar-refractivity contribution < 1.29 is 0 Å². The predicted molar refractivity (Wildman–Crippen MR) is 95.7 cm³/mol. The van der Waals surface area contributed by atoms with Gasteiger partial charge in [0.05, 0.1) is 10.4 Å². The van der Waals surface area contributed by atoms with E-state index in [2.05, 4.69) is 49.8 Å². The largest absolute Gasteiger partial charge is 0.261 e. The Hall–Kier alpha value is -1.89. The van der Waals surface area contributed by atoms with Crippen LogP contribution >= 0.6 is 23.3 Å². The Balaban J connectivity index is 1.42. The number of aromatic amines is 1. The van der Waals surface area contributed by atoms with E-state index in [0.29, 0.717) is 0 Å². The van der Waals surface area contributed by atoms with Crippen molar-refractivity contribution in [2.45, 2.75) is 17.2 Å². The van der Waals surface area contributed by atoms with Crippen molar-refractivity contribution in [3.8, 4) is 0 Å². The summed E-state index contributed by atoms with van der Waals surface area (Å²) >= 11 is 3.73. The van der Waals surface area contributed by atoms with Crippen LogP contribution in [0.4, 0.5) is 0 Å². The van der Waals surface area contributed by atoms with Crippen LogP contribution in [0.1, 0.15) is 11.1 Å². The number of pyridine rings is 1. The molecule has 0 radical (unpaired) electrons. The van der Waals surface area contributed by atoms with Gasteiger partial charge in [-0.3, -0.25) is 5.10 Å². The van der Waals surface area contributed by atoms with Crippen molar-refractivity contribution in [2.24, 2.45) is 0 Å². The number of nitrogens with one attached hydrogen (secondary N) is 1. The van der Waals surface area contributed by atoms with E-state index >= 15 is 0 Å². The van der Waals surface area contributed by atoms with Gasteiger partial charge in [0, 0.05) is 29.4 Å². The fraction of sp³-hybridized carbons (Fsp3) is 0.176. The molecule has 23 heavy (non-hydrogen) atoms. The van der Waals surface area contributed by atoms with Crippen LogP contribution in [0, 0.1) is 0 Å². The number of benzene rings is 1. The van der Waals surface area contributed by atoms with E-state index in [1.54, 1.807) is 0 Å². The molecule has 1 aliphatic rings. The first-order chi connectivity index (χ1) is 11.4. The third-order valence-electron chi connectivity index (χ3n) is 4.26. The summed E-state index contributed by atoms with van der Waals surface area (Å²) in [6.07, 6.45) is 4.94. The molecule has 0 saturated heterocycles. The highest BCUT2D eigenvalue weighted by molar-refractivity contribution is 7.99. The molecule has 0 amide bonds. The van der Waals surface area contributed by atoms with Gasteiger partial charge in [0.15, 0.2) is 5.65 Å². The van der Waals surface area contributed by atoms with Crippen LogP contribution in [-0.2, 0) is 13.0 Å². The number of aromatic nitrogens is 3. The maximum absolute atomic E-state index is 4.48. The molecule has 4 aromatic rings. The summed E-state index contributed by atoms with van der Waals surface area (Å²) in [4.78, 5) is 4.48. The van der Waals surface area contributed by atoms with Gasteiger partial charge in [-0.05, 0) is 47.0 Å². The Kier molecular flexibility index (Phi) is 3.14. The second-order valence-corrected chi connectivity index (χ2v) is 8.18. The molecule has 5 rings (SSSR count). The minimum Gasteiger partial charge on any atom is -0.261 e. The lowest BCUT2D eigenvalue weighted by atomic mass is 10.0. The summed E-state index contributed by atoms with van der Waals surface area (Å²) in [6.45, 7) is 1.98. The van der Waals surface area contributed by atoms with Gasteiger partial charge in [-0.2, -0.15) is 5.10 Å². The molecule has 1 aliphatic heterocycles. The van der Waals surface area contributed by atoms with Gasteiger partial charge in [0.2, 0.25) is 0 Å². The van der Waals surface area contributed by atoms with E-state index in [4.69, 9.17) is 0 Å². The monoisotopic (exact) mass is 338 g/mol. The average Bonchev–Trinajstić information content (AvgIpc) is 3.20. The SMILES string of the molecule is c1ccc2sc(SN3CCc4c(cnc5[nH]ncc45)C3)cc2c1. The third-order valence-corrected chi connectivity index (χ3v) is 6.51. The lowest BCUT2D eigenvalue weighted by Crippen LogP contribution is -2.24. The number of rotatable bonds is 2. The fourth-order valence-corrected chi connectivity index (χ4v) is 5.49. The lowest BCUT2D eigenvalue weighted by molar-refractivity contribution is 0.445. The third kappa shape index (κ3) is 2.34. The number of H-pyrrole nitrogens is 1. The summed E-state index contributed by atoms with van der Waals surface area (Å²) < 4.78 is 5.14. The van der Waals surface area contributed by atoms with Crippen LogP contribution < -0.4 is 0 Å². The first kappa shape index (κ1) is 13.5. The van der Waals surface area contributed by atoms with Crippen molar-refractivity contribution in [1.82, 2.24) is 19.5 Å². The van der Waals surface area contributed by atoms with Crippen LogP contribution in [0.2, 0.25) is 0 Å². The summed E-state index contributed by atoms with van der Waals surface area (Å²) in [5.74, 6) is 0. The molecule has 0 unspecified atom stereocenters. The highest BCUT2D eigenvalue weighted by Gasteiger charge is 2.21. The quantitative estimate of drug-likeness (QED) is 0.555. The van der Waals surface area contributed by atoms with Gasteiger partial charge < -0.3 is 0 Å². The second-order valence-electron chi connectivity index (χ2n) is 5.70. The zero-order valence-corrected chi connectivity index (χ0v) is 14.0. The van der Waals surface area contributed by atoms with Crippen LogP contribution in [-0.4, -0.2) is 26.0 Å². The normalized spacial score (nSPS) is 15.3. The Labute approximate surface area is 141 Å². The van der Waals surface area contributed by atoms with Crippen molar-refractivity contribution in [3.63, 3.8) is 0 Å². The minimum absolute atomic E-state index is 0.898. The molecule has 1 aromatic carbocycles. The standard InChI is InChI=1S/C17H14N4S2/c1-2-4-15-11(3-1)7-16(22-15)23-21-6-5-13-12(10-21)8-18-17-14(13)9-19-20-17/h1-4,7-9H,5-6,10H2,(H,18,19,20). The molecule has 3 aromatic heterocycles. The summed E-state index contributed by atoms with van der Waals surface area (Å²) in [6, 6.07) is 10.9. The molecule has 1 N–H and O–H groups in total. The Morgan fingerprint density at radius 3 is 3.13 bits per heavy atom. The van der Waals surface area contributed by atoms with Gasteiger partial charge in [-0.1, -0.05) is 18.2 Å². The Bertz CT molecular complexity index is 971. The summed E-state index contributed by atoms with van der Waals surface area (Å²) in [5.41, 5.74) is 3.62. The Morgan fingerprint density at radius 2 is 2.17 bits per heavy atom. The highest BCUT2D eigenvalue weighted by Crippen LogP contribution is 2.37. The van der Waals surface area contributed by atoms with Crippen molar-refractivity contribution in [2.75, 3.05) is 6.54 Å². The van der Waals surface area contributed by atoms with Gasteiger partial charge in [0.1, 0.15) is 0 Å². The summed E-state index contributed by atoms with van der Waals surface area (Å²) in [5, 5.41) is 9.58. The van der Waals surface area contributed by atoms with E-state index < -0.39 is 0 Å². The molecule has 0 spiro atoms. The van der Waals surface area contributed by atoms with Gasteiger partial charge in [-0.15, -0.1) is 11.3 Å². The zero-order valence-electron chi connectivity index (χ0n) is 12.3. The molecule has 4 nitrogen and oxygen atoms in total. The van der Waals surface area contributed by atoms with E-state index in [1.807, 2.05) is 35.7 Å². The van der Waals surface area contributed by atoms with E-state index in [0.717, 1.165) is 25.2 Å². The molecule has 0 atom stereocenters. The molecule has 6 heteroatoms. The minimum atomic E-state index is 0.898. The van der Waals surface area contributed by atoms with E-state index in [1.165, 1.54) is 30.8 Å². The molecular weight excluding hydrogens is 324 g/mol. The van der Waals surface area contributed by atoms with Crippen molar-refractivity contribution in [3.05, 3.63) is 53.9 Å². The average molecular weight is 338 g/mol. The number of nitrogens with zero attached hydrogens (tertiary/aromatic N) is 3. The number of hydrogen-bond acceptors (Lipinski definition) is 5. The van der Waals surface area contributed by atoms with Crippen LogP contribution in [0.15, 0.2) is 46.9 Å². The first-order valence-electron chi connectivity index (χ1n) is 7.58. The Morgan fingerprint density at radius 1 is 1.22 bits per heavy atom. The van der Waals surface area contributed by atoms with Crippen LogP contribution in [0.5, 0.6) is 0 Å². The molecule has 0 fully saturated rings. The van der Waals surface area contributed by atoms with Gasteiger partial charge in [0.25, 0.3) is 0 Å². The van der Waals surface area contributed by atoms with Gasteiger partial charge >= 0.3 is 0 Å². The zero-order chi connectivity index (χ0) is 15.2. The molecule has 114 valence electrons. The maximum atomic E-state index is 4.48. The molecule has 0 saturated carbocycles. The van der Waals surface area contributed by atoms with Crippen molar-refractivity contribution in [1.29, 1.82) is 0 Å². The van der Waals surface area contributed by atoms with E-state index in [-0.39, 0.29) is 0 Å². The number of fused-ring (bicyclic) bond motifs is 4. The lowest BCUT2D eigenvalue weighted by Gasteiger charge is -2.27. The molecular formula is C17H14N4S2. The molecule has 4 heterocycles. The first-order valence-corrected chi connectivity index (χ1v) is 9.17. The topological polar surface area (TPSA) is 44.8 Å². The smallest absolute Gasteiger partial charge is 0.155 e. The second kappa shape index (κ2) is 5.33. The maximum Gasteiger partial charge on any atom is 0.155 e. The predicted octanol–water partition coefficient (Wildman–Crippen LogP) is 4.24. The molecule has 0 aliphatic carbocycles. The van der Waals surface area contributed by atoms with Crippen molar-refractivity contribution >= 4 is 44.4 Å². The fourth-order valence-electron chi connectivity index (χ4n) is 3.14. The number of hydrogen-bond donors (Lipinski definition) is 1. The van der Waals surface area contributed by atoms with Gasteiger partial charge in [-0.25, -0.2) is 9.29 Å². The summed E-state index contributed by atoms with van der Waals surface area (Å²) in [7, 11) is 0.